The van der Waals surface area contributed by atoms with Crippen LogP contribution in [0.3, 0.4) is 0 Å². The van der Waals surface area contributed by atoms with E-state index < -0.39 is 0 Å². The zero-order valence-electron chi connectivity index (χ0n) is 12.4. The van der Waals surface area contributed by atoms with Crippen molar-refractivity contribution in [3.63, 3.8) is 0 Å². The van der Waals surface area contributed by atoms with E-state index in [1.54, 1.807) is 0 Å². The molecule has 2 aliphatic heterocycles. The van der Waals surface area contributed by atoms with Crippen molar-refractivity contribution in [2.24, 2.45) is 5.92 Å². The molecule has 2 fully saturated rings. The minimum absolute atomic E-state index is 0.212. The van der Waals surface area contributed by atoms with E-state index in [2.05, 4.69) is 5.32 Å². The molecule has 3 rings (SSSR count). The molecular weight excluding hydrogens is 248 g/mol. The number of Topliss-reactive ketones (excluding diaryl/α,β-unsaturated/α-hetero) is 1. The normalized spacial score (nSPS) is 29.0. The number of carbonyl (C=O) groups is 1. The molecule has 0 saturated carbocycles. The van der Waals surface area contributed by atoms with E-state index in [0.717, 1.165) is 24.1 Å². The van der Waals surface area contributed by atoms with Crippen LogP contribution < -0.4 is 10.2 Å². The summed E-state index contributed by atoms with van der Waals surface area (Å²) in [5, 5.41) is 3.66. The summed E-state index contributed by atoms with van der Waals surface area (Å²) in [6, 6.07) is 9.16. The summed E-state index contributed by atoms with van der Waals surface area (Å²) in [6.45, 7) is 0. The summed E-state index contributed by atoms with van der Waals surface area (Å²) in [4.78, 5) is 14.8. The number of piperidine rings is 2. The van der Waals surface area contributed by atoms with Crippen LogP contribution in [0, 0.1) is 5.92 Å². The summed E-state index contributed by atoms with van der Waals surface area (Å²) in [5.74, 6) is 0.552. The highest BCUT2D eigenvalue weighted by molar-refractivity contribution is 5.98. The fourth-order valence-electron chi connectivity index (χ4n) is 3.65. The van der Waals surface area contributed by atoms with Gasteiger partial charge in [-0.25, -0.2) is 0 Å². The van der Waals surface area contributed by atoms with Gasteiger partial charge < -0.3 is 10.2 Å². The maximum absolute atomic E-state index is 12.8. The van der Waals surface area contributed by atoms with Gasteiger partial charge in [0.15, 0.2) is 5.78 Å². The first-order chi connectivity index (χ1) is 9.63. The lowest BCUT2D eigenvalue weighted by Gasteiger charge is -2.39. The van der Waals surface area contributed by atoms with Gasteiger partial charge in [0.05, 0.1) is 0 Å². The Morgan fingerprint density at radius 2 is 1.90 bits per heavy atom. The van der Waals surface area contributed by atoms with Crippen molar-refractivity contribution in [2.75, 3.05) is 19.0 Å². The second-order valence-electron chi connectivity index (χ2n) is 6.47. The molecule has 108 valence electrons. The average Bonchev–Trinajstić information content (AvgIpc) is 2.46. The van der Waals surface area contributed by atoms with Crippen molar-refractivity contribution in [1.29, 1.82) is 0 Å². The Labute approximate surface area is 121 Å². The maximum Gasteiger partial charge on any atom is 0.166 e. The predicted octanol–water partition coefficient (Wildman–Crippen LogP) is 2.86. The molecule has 2 atom stereocenters. The molecule has 0 aliphatic carbocycles. The summed E-state index contributed by atoms with van der Waals surface area (Å²) >= 11 is 0. The number of ketones is 1. The molecule has 0 spiro atoms. The Kier molecular flexibility index (Phi) is 3.79. The molecule has 0 amide bonds. The molecule has 0 aromatic heterocycles. The van der Waals surface area contributed by atoms with Crippen LogP contribution in [0.1, 0.15) is 42.5 Å². The Bertz CT molecular complexity index is 486. The molecule has 20 heavy (non-hydrogen) atoms. The zero-order valence-corrected chi connectivity index (χ0v) is 12.4. The van der Waals surface area contributed by atoms with Crippen LogP contribution >= 0.6 is 0 Å². The molecule has 2 saturated heterocycles. The third kappa shape index (κ3) is 2.73. The number of hydrogen-bond donors (Lipinski definition) is 1. The Morgan fingerprint density at radius 3 is 2.55 bits per heavy atom. The fourth-order valence-corrected chi connectivity index (χ4v) is 3.65. The number of benzene rings is 1. The quantitative estimate of drug-likeness (QED) is 0.859. The minimum Gasteiger partial charge on any atom is -0.378 e. The largest absolute Gasteiger partial charge is 0.378 e. The van der Waals surface area contributed by atoms with Gasteiger partial charge in [0.2, 0.25) is 0 Å². The second-order valence-corrected chi connectivity index (χ2v) is 6.47. The second kappa shape index (κ2) is 5.57. The van der Waals surface area contributed by atoms with Crippen LogP contribution in [0.5, 0.6) is 0 Å². The first-order valence-electron chi connectivity index (χ1n) is 7.71. The number of rotatable bonds is 3. The zero-order chi connectivity index (χ0) is 14.1. The maximum atomic E-state index is 12.8. The summed E-state index contributed by atoms with van der Waals surface area (Å²) in [6.07, 6.45) is 5.82. The highest BCUT2D eigenvalue weighted by Crippen LogP contribution is 2.32. The molecular formula is C17H24N2O. The number of anilines is 1. The van der Waals surface area contributed by atoms with Gasteiger partial charge in [0, 0.05) is 43.3 Å². The number of nitrogens with zero attached hydrogens (tertiary/aromatic N) is 1. The van der Waals surface area contributed by atoms with E-state index in [1.165, 1.54) is 19.3 Å². The van der Waals surface area contributed by atoms with Crippen LogP contribution in [0.25, 0.3) is 0 Å². The molecule has 3 nitrogen and oxygen atoms in total. The molecule has 2 unspecified atom stereocenters. The van der Waals surface area contributed by atoms with Gasteiger partial charge in [-0.2, -0.15) is 0 Å². The molecule has 1 aromatic carbocycles. The molecule has 3 heteroatoms. The topological polar surface area (TPSA) is 32.3 Å². The first kappa shape index (κ1) is 13.6. The highest BCUT2D eigenvalue weighted by atomic mass is 16.1. The average molecular weight is 272 g/mol. The van der Waals surface area contributed by atoms with Crippen molar-refractivity contribution < 1.29 is 4.79 Å². The Balaban J connectivity index is 1.77. The smallest absolute Gasteiger partial charge is 0.166 e. The van der Waals surface area contributed by atoms with Gasteiger partial charge in [-0.3, -0.25) is 4.79 Å². The van der Waals surface area contributed by atoms with Crippen molar-refractivity contribution in [3.05, 3.63) is 29.8 Å². The predicted molar refractivity (Wildman–Crippen MR) is 82.4 cm³/mol. The highest BCUT2D eigenvalue weighted by Gasteiger charge is 2.34. The molecule has 2 bridgehead atoms. The molecule has 1 N–H and O–H groups in total. The third-order valence-electron chi connectivity index (χ3n) is 4.73. The molecule has 2 heterocycles. The monoisotopic (exact) mass is 272 g/mol. The first-order valence-corrected chi connectivity index (χ1v) is 7.71. The van der Waals surface area contributed by atoms with Crippen LogP contribution in [0.4, 0.5) is 5.69 Å². The van der Waals surface area contributed by atoms with E-state index in [9.17, 15) is 4.79 Å². The van der Waals surface area contributed by atoms with E-state index in [4.69, 9.17) is 0 Å². The number of carbonyl (C=O) groups excluding carboxylic acids is 1. The lowest BCUT2D eigenvalue weighted by molar-refractivity contribution is 0.0825. The van der Waals surface area contributed by atoms with Crippen LogP contribution in [0.2, 0.25) is 0 Å². The van der Waals surface area contributed by atoms with Gasteiger partial charge in [0.1, 0.15) is 0 Å². The molecule has 1 aromatic rings. The fraction of sp³-hybridized carbons (Fsp3) is 0.588. The number of hydrogen-bond acceptors (Lipinski definition) is 3. The SMILES string of the molecule is CN(C)c1cccc(C(=O)C2CC3CCCC(C2)N3)c1. The standard InChI is InChI=1S/C17H24N2O/c1-19(2)16-8-3-5-12(11-16)17(20)13-9-14-6-4-7-15(10-13)18-14/h3,5,8,11,13-15,18H,4,6-7,9-10H2,1-2H3. The number of fused-ring (bicyclic) bond motifs is 2. The summed E-state index contributed by atoms with van der Waals surface area (Å²) < 4.78 is 0. The van der Waals surface area contributed by atoms with E-state index in [1.807, 2.05) is 43.3 Å². The third-order valence-corrected chi connectivity index (χ3v) is 4.73. The van der Waals surface area contributed by atoms with Crippen molar-refractivity contribution in [1.82, 2.24) is 5.32 Å². The lowest BCUT2D eigenvalue weighted by Crippen LogP contribution is -2.50. The van der Waals surface area contributed by atoms with Crippen LogP contribution in [0.15, 0.2) is 24.3 Å². The van der Waals surface area contributed by atoms with Gasteiger partial charge in [-0.05, 0) is 37.8 Å². The summed E-state index contributed by atoms with van der Waals surface area (Å²) in [7, 11) is 4.02. The van der Waals surface area contributed by atoms with Gasteiger partial charge in [-0.1, -0.05) is 18.6 Å². The van der Waals surface area contributed by atoms with Crippen molar-refractivity contribution in [2.45, 2.75) is 44.2 Å². The van der Waals surface area contributed by atoms with E-state index in [-0.39, 0.29) is 5.92 Å². The minimum atomic E-state index is 0.212. The Morgan fingerprint density at radius 1 is 1.20 bits per heavy atom. The summed E-state index contributed by atoms with van der Waals surface area (Å²) in [5.41, 5.74) is 1.98. The van der Waals surface area contributed by atoms with Crippen molar-refractivity contribution >= 4 is 11.5 Å². The van der Waals surface area contributed by atoms with Gasteiger partial charge in [-0.15, -0.1) is 0 Å². The molecule has 2 aliphatic rings. The van der Waals surface area contributed by atoms with Crippen LogP contribution in [-0.4, -0.2) is 32.0 Å². The molecule has 0 radical (unpaired) electrons. The lowest BCUT2D eigenvalue weighted by atomic mass is 9.77. The van der Waals surface area contributed by atoms with E-state index in [0.29, 0.717) is 17.9 Å². The Hall–Kier alpha value is -1.35. The van der Waals surface area contributed by atoms with Crippen LogP contribution in [-0.2, 0) is 0 Å². The number of nitrogens with one attached hydrogen (secondary N) is 1. The van der Waals surface area contributed by atoms with E-state index >= 15 is 0 Å². The van der Waals surface area contributed by atoms with Gasteiger partial charge in [0.25, 0.3) is 0 Å². The van der Waals surface area contributed by atoms with Gasteiger partial charge >= 0.3 is 0 Å². The van der Waals surface area contributed by atoms with Crippen molar-refractivity contribution in [3.8, 4) is 0 Å².